The molecule has 2 amide bonds. The highest BCUT2D eigenvalue weighted by Gasteiger charge is 2.00. The van der Waals surface area contributed by atoms with Crippen LogP contribution in [0.2, 0.25) is 0 Å². The summed E-state index contributed by atoms with van der Waals surface area (Å²) in [5, 5.41) is 2.48. The Morgan fingerprint density at radius 1 is 0.947 bits per heavy atom. The Bertz CT molecular complexity index is 550. The Morgan fingerprint density at radius 3 is 1.89 bits per heavy atom. The third-order valence-corrected chi connectivity index (χ3v) is 2.42. The molecule has 0 aliphatic carbocycles. The second-order valence-corrected chi connectivity index (χ2v) is 3.79. The number of urea groups is 1. The van der Waals surface area contributed by atoms with Gasteiger partial charge in [0.2, 0.25) is 0 Å². The van der Waals surface area contributed by atoms with E-state index in [4.69, 9.17) is 15.2 Å². The van der Waals surface area contributed by atoms with Gasteiger partial charge in [-0.1, -0.05) is 0 Å². The van der Waals surface area contributed by atoms with Gasteiger partial charge in [-0.2, -0.15) is 0 Å². The van der Waals surface area contributed by atoms with E-state index in [1.165, 1.54) is 0 Å². The SMILES string of the molecule is COc1ccc(Oc2ccc(NC(N)=O)cc2)cc1. The van der Waals surface area contributed by atoms with Crippen molar-refractivity contribution in [1.29, 1.82) is 0 Å². The van der Waals surface area contributed by atoms with E-state index in [2.05, 4.69) is 5.32 Å². The lowest BCUT2D eigenvalue weighted by atomic mass is 10.3. The van der Waals surface area contributed by atoms with Crippen LogP contribution in [-0.4, -0.2) is 13.1 Å². The molecule has 0 saturated carbocycles. The molecule has 0 fully saturated rings. The molecule has 19 heavy (non-hydrogen) atoms. The fraction of sp³-hybridized carbons (Fsp3) is 0.0714. The highest BCUT2D eigenvalue weighted by Crippen LogP contribution is 2.24. The Labute approximate surface area is 110 Å². The number of anilines is 1. The molecule has 0 saturated heterocycles. The van der Waals surface area contributed by atoms with Crippen molar-refractivity contribution in [2.75, 3.05) is 12.4 Å². The minimum Gasteiger partial charge on any atom is -0.497 e. The highest BCUT2D eigenvalue weighted by molar-refractivity contribution is 5.87. The van der Waals surface area contributed by atoms with E-state index in [0.717, 1.165) is 5.75 Å². The normalized spacial score (nSPS) is 9.74. The van der Waals surface area contributed by atoms with Crippen molar-refractivity contribution in [2.24, 2.45) is 5.73 Å². The molecular formula is C14H14N2O3. The maximum atomic E-state index is 10.7. The summed E-state index contributed by atoms with van der Waals surface area (Å²) in [6.07, 6.45) is 0. The molecule has 5 heteroatoms. The Kier molecular flexibility index (Phi) is 3.87. The molecule has 0 aliphatic heterocycles. The van der Waals surface area contributed by atoms with Gasteiger partial charge in [0.25, 0.3) is 0 Å². The number of primary amides is 1. The standard InChI is InChI=1S/C14H14N2O3/c1-18-11-6-8-13(9-7-11)19-12-4-2-10(3-5-12)16-14(15)17/h2-9H,1H3,(H3,15,16,17). The molecule has 0 heterocycles. The summed E-state index contributed by atoms with van der Waals surface area (Å²) in [5.74, 6) is 2.14. The molecule has 3 N–H and O–H groups in total. The van der Waals surface area contributed by atoms with E-state index >= 15 is 0 Å². The summed E-state index contributed by atoms with van der Waals surface area (Å²) in [6.45, 7) is 0. The zero-order valence-corrected chi connectivity index (χ0v) is 10.4. The molecule has 0 aromatic heterocycles. The van der Waals surface area contributed by atoms with Gasteiger partial charge in [0, 0.05) is 5.69 Å². The smallest absolute Gasteiger partial charge is 0.316 e. The molecule has 0 atom stereocenters. The van der Waals surface area contributed by atoms with E-state index < -0.39 is 6.03 Å². The third-order valence-electron chi connectivity index (χ3n) is 2.42. The average Bonchev–Trinajstić information content (AvgIpc) is 2.41. The highest BCUT2D eigenvalue weighted by atomic mass is 16.5. The summed E-state index contributed by atoms with van der Waals surface area (Å²) in [7, 11) is 1.61. The number of nitrogens with two attached hydrogens (primary N) is 1. The van der Waals surface area contributed by atoms with Crippen LogP contribution in [0.3, 0.4) is 0 Å². The topological polar surface area (TPSA) is 73.6 Å². The van der Waals surface area contributed by atoms with Crippen LogP contribution in [-0.2, 0) is 0 Å². The van der Waals surface area contributed by atoms with Crippen molar-refractivity contribution in [3.05, 3.63) is 48.5 Å². The summed E-state index contributed by atoms with van der Waals surface area (Å²) >= 11 is 0. The Hall–Kier alpha value is -2.69. The first-order valence-corrected chi connectivity index (χ1v) is 5.66. The van der Waals surface area contributed by atoms with Crippen molar-refractivity contribution in [1.82, 2.24) is 0 Å². The minimum atomic E-state index is -0.594. The largest absolute Gasteiger partial charge is 0.497 e. The van der Waals surface area contributed by atoms with E-state index in [0.29, 0.717) is 17.2 Å². The maximum Gasteiger partial charge on any atom is 0.316 e. The minimum absolute atomic E-state index is 0.594. The second-order valence-electron chi connectivity index (χ2n) is 3.79. The van der Waals surface area contributed by atoms with Gasteiger partial charge in [-0.25, -0.2) is 4.79 Å². The first-order valence-electron chi connectivity index (χ1n) is 5.66. The number of hydrogen-bond donors (Lipinski definition) is 2. The number of hydrogen-bond acceptors (Lipinski definition) is 3. The van der Waals surface area contributed by atoms with Crippen molar-refractivity contribution in [2.45, 2.75) is 0 Å². The number of rotatable bonds is 4. The number of ether oxygens (including phenoxy) is 2. The predicted molar refractivity (Wildman–Crippen MR) is 72.7 cm³/mol. The zero-order valence-electron chi connectivity index (χ0n) is 10.4. The fourth-order valence-corrected chi connectivity index (χ4v) is 1.53. The lowest BCUT2D eigenvalue weighted by Gasteiger charge is -2.07. The number of benzene rings is 2. The van der Waals surface area contributed by atoms with Crippen LogP contribution in [0.5, 0.6) is 17.2 Å². The molecule has 0 radical (unpaired) electrons. The zero-order chi connectivity index (χ0) is 13.7. The molecule has 0 bridgehead atoms. The van der Waals surface area contributed by atoms with Gasteiger partial charge in [-0.3, -0.25) is 0 Å². The van der Waals surface area contributed by atoms with Gasteiger partial charge in [0.15, 0.2) is 0 Å². The van der Waals surface area contributed by atoms with Gasteiger partial charge in [0.05, 0.1) is 7.11 Å². The van der Waals surface area contributed by atoms with E-state index in [9.17, 15) is 4.79 Å². The van der Waals surface area contributed by atoms with Crippen LogP contribution in [0.25, 0.3) is 0 Å². The number of carbonyl (C=O) groups excluding carboxylic acids is 1. The molecular weight excluding hydrogens is 244 g/mol. The van der Waals surface area contributed by atoms with Crippen molar-refractivity contribution in [3.63, 3.8) is 0 Å². The number of amides is 2. The summed E-state index contributed by atoms with van der Waals surface area (Å²) < 4.78 is 10.7. The molecule has 0 aliphatic rings. The Balaban J connectivity index is 2.04. The molecule has 0 unspecified atom stereocenters. The van der Waals surface area contributed by atoms with Crippen LogP contribution in [0.4, 0.5) is 10.5 Å². The van der Waals surface area contributed by atoms with Crippen molar-refractivity contribution < 1.29 is 14.3 Å². The first-order chi connectivity index (χ1) is 9.17. The van der Waals surface area contributed by atoms with Gasteiger partial charge in [0.1, 0.15) is 17.2 Å². The number of carbonyl (C=O) groups is 1. The molecule has 2 aromatic carbocycles. The van der Waals surface area contributed by atoms with E-state index in [-0.39, 0.29) is 0 Å². The second kappa shape index (κ2) is 5.77. The molecule has 2 aromatic rings. The summed E-state index contributed by atoms with van der Waals surface area (Å²) in [6, 6.07) is 13.6. The van der Waals surface area contributed by atoms with E-state index in [1.807, 2.05) is 24.3 Å². The summed E-state index contributed by atoms with van der Waals surface area (Å²) in [5.41, 5.74) is 5.64. The number of methoxy groups -OCH3 is 1. The first kappa shape index (κ1) is 12.8. The molecule has 0 spiro atoms. The average molecular weight is 258 g/mol. The molecule has 98 valence electrons. The van der Waals surface area contributed by atoms with Crippen LogP contribution < -0.4 is 20.5 Å². The predicted octanol–water partition coefficient (Wildman–Crippen LogP) is 2.98. The van der Waals surface area contributed by atoms with Gasteiger partial charge < -0.3 is 20.5 Å². The molecule has 5 nitrogen and oxygen atoms in total. The van der Waals surface area contributed by atoms with Crippen LogP contribution in [0.1, 0.15) is 0 Å². The van der Waals surface area contributed by atoms with Crippen LogP contribution >= 0.6 is 0 Å². The summed E-state index contributed by atoms with van der Waals surface area (Å²) in [4.78, 5) is 10.7. The quantitative estimate of drug-likeness (QED) is 0.885. The van der Waals surface area contributed by atoms with Crippen LogP contribution in [0.15, 0.2) is 48.5 Å². The van der Waals surface area contributed by atoms with Crippen molar-refractivity contribution in [3.8, 4) is 17.2 Å². The number of nitrogens with one attached hydrogen (secondary N) is 1. The van der Waals surface area contributed by atoms with Crippen molar-refractivity contribution >= 4 is 11.7 Å². The monoisotopic (exact) mass is 258 g/mol. The molecule has 2 rings (SSSR count). The van der Waals surface area contributed by atoms with Gasteiger partial charge in [-0.15, -0.1) is 0 Å². The maximum absolute atomic E-state index is 10.7. The lowest BCUT2D eigenvalue weighted by Crippen LogP contribution is -2.19. The van der Waals surface area contributed by atoms with Gasteiger partial charge in [-0.05, 0) is 48.5 Å². The van der Waals surface area contributed by atoms with E-state index in [1.54, 1.807) is 31.4 Å². The van der Waals surface area contributed by atoms with Gasteiger partial charge >= 0.3 is 6.03 Å². The van der Waals surface area contributed by atoms with Crippen LogP contribution in [0, 0.1) is 0 Å². The fourth-order valence-electron chi connectivity index (χ4n) is 1.53. The third kappa shape index (κ3) is 3.64. The lowest BCUT2D eigenvalue weighted by molar-refractivity contribution is 0.259. The Morgan fingerprint density at radius 2 is 1.42 bits per heavy atom.